The van der Waals surface area contributed by atoms with Crippen LogP contribution in [0.5, 0.6) is 5.88 Å². The normalized spacial score (nSPS) is 12.6. The summed E-state index contributed by atoms with van der Waals surface area (Å²) in [4.78, 5) is 13.1. The molecule has 102 valence electrons. The molecule has 0 bridgehead atoms. The third-order valence-corrected chi connectivity index (χ3v) is 3.20. The molecule has 5 nitrogen and oxygen atoms in total. The van der Waals surface area contributed by atoms with Crippen molar-refractivity contribution in [3.05, 3.63) is 10.7 Å². The van der Waals surface area contributed by atoms with Crippen LogP contribution in [0, 0.1) is 0 Å². The van der Waals surface area contributed by atoms with Gasteiger partial charge in [0.05, 0.1) is 17.8 Å². The zero-order valence-electron chi connectivity index (χ0n) is 11.6. The Kier molecular flexibility index (Phi) is 5.81. The van der Waals surface area contributed by atoms with E-state index in [1.54, 1.807) is 13.3 Å². The predicted molar refractivity (Wildman–Crippen MR) is 77.3 cm³/mol. The van der Waals surface area contributed by atoms with Gasteiger partial charge in [-0.25, -0.2) is 4.98 Å². The lowest BCUT2D eigenvalue weighted by molar-refractivity contribution is 0.368. The second-order valence-electron chi connectivity index (χ2n) is 4.42. The van der Waals surface area contributed by atoms with Gasteiger partial charge in [-0.1, -0.05) is 0 Å². The Balaban J connectivity index is 2.94. The van der Waals surface area contributed by atoms with Crippen molar-refractivity contribution >= 4 is 21.9 Å². The van der Waals surface area contributed by atoms with E-state index in [0.717, 1.165) is 17.6 Å². The summed E-state index contributed by atoms with van der Waals surface area (Å²) in [7, 11) is 5.73. The molecule has 1 unspecified atom stereocenters. The number of halogens is 1. The molecule has 0 N–H and O–H groups in total. The first-order valence-corrected chi connectivity index (χ1v) is 6.76. The first kappa shape index (κ1) is 15.2. The molecular weight excluding hydrogens is 296 g/mol. The largest absolute Gasteiger partial charge is 0.480 e. The standard InChI is InChI=1S/C12H21BrN4O/c1-6-17(9(2)8-16(3)4)12-14-7-10(13)11(15-12)18-5/h7,9H,6,8H2,1-5H3. The lowest BCUT2D eigenvalue weighted by Crippen LogP contribution is -2.41. The number of anilines is 1. The molecule has 0 saturated heterocycles. The van der Waals surface area contributed by atoms with E-state index >= 15 is 0 Å². The van der Waals surface area contributed by atoms with E-state index in [4.69, 9.17) is 4.74 Å². The lowest BCUT2D eigenvalue weighted by atomic mass is 10.3. The molecule has 0 saturated carbocycles. The third kappa shape index (κ3) is 3.81. The van der Waals surface area contributed by atoms with Gasteiger partial charge in [0.1, 0.15) is 0 Å². The van der Waals surface area contributed by atoms with Gasteiger partial charge in [-0.3, -0.25) is 0 Å². The van der Waals surface area contributed by atoms with Crippen molar-refractivity contribution in [2.24, 2.45) is 0 Å². The molecule has 6 heteroatoms. The molecule has 0 radical (unpaired) electrons. The van der Waals surface area contributed by atoms with E-state index in [9.17, 15) is 0 Å². The highest BCUT2D eigenvalue weighted by atomic mass is 79.9. The fourth-order valence-corrected chi connectivity index (χ4v) is 2.25. The first-order valence-electron chi connectivity index (χ1n) is 5.97. The summed E-state index contributed by atoms with van der Waals surface area (Å²) < 4.78 is 5.97. The van der Waals surface area contributed by atoms with Gasteiger partial charge in [0.2, 0.25) is 11.8 Å². The summed E-state index contributed by atoms with van der Waals surface area (Å²) in [6.45, 7) is 6.08. The monoisotopic (exact) mass is 316 g/mol. The number of rotatable bonds is 6. The predicted octanol–water partition coefficient (Wildman–Crippen LogP) is 2.02. The van der Waals surface area contributed by atoms with Gasteiger partial charge in [-0.05, 0) is 43.9 Å². The number of nitrogens with zero attached hydrogens (tertiary/aromatic N) is 4. The maximum atomic E-state index is 5.21. The van der Waals surface area contributed by atoms with Gasteiger partial charge in [-0.2, -0.15) is 4.98 Å². The van der Waals surface area contributed by atoms with Crippen LogP contribution < -0.4 is 9.64 Å². The molecular formula is C12H21BrN4O. The summed E-state index contributed by atoms with van der Waals surface area (Å²) in [5, 5.41) is 0. The van der Waals surface area contributed by atoms with Crippen molar-refractivity contribution in [1.82, 2.24) is 14.9 Å². The van der Waals surface area contributed by atoms with Crippen molar-refractivity contribution < 1.29 is 4.74 Å². The minimum absolute atomic E-state index is 0.343. The molecule has 1 aromatic rings. The SMILES string of the molecule is CCN(c1ncc(Br)c(OC)n1)C(C)CN(C)C. The van der Waals surface area contributed by atoms with Crippen LogP contribution in [0.4, 0.5) is 5.95 Å². The third-order valence-electron chi connectivity index (χ3n) is 2.65. The second-order valence-corrected chi connectivity index (χ2v) is 5.28. The van der Waals surface area contributed by atoms with E-state index in [1.165, 1.54) is 0 Å². The smallest absolute Gasteiger partial charge is 0.232 e. The van der Waals surface area contributed by atoms with E-state index in [1.807, 2.05) is 0 Å². The molecule has 0 amide bonds. The second kappa shape index (κ2) is 6.89. The van der Waals surface area contributed by atoms with Gasteiger partial charge in [0.15, 0.2) is 0 Å². The number of likely N-dealkylation sites (N-methyl/N-ethyl adjacent to an activating group) is 2. The molecule has 18 heavy (non-hydrogen) atoms. The van der Waals surface area contributed by atoms with Crippen molar-refractivity contribution in [1.29, 1.82) is 0 Å². The highest BCUT2D eigenvalue weighted by Crippen LogP contribution is 2.24. The van der Waals surface area contributed by atoms with Crippen LogP contribution in [0.15, 0.2) is 10.7 Å². The Morgan fingerprint density at radius 2 is 2.11 bits per heavy atom. The highest BCUT2D eigenvalue weighted by Gasteiger charge is 2.17. The zero-order chi connectivity index (χ0) is 13.7. The molecule has 0 aliphatic rings. The Hall–Kier alpha value is -0.880. The molecule has 0 aliphatic heterocycles. The van der Waals surface area contributed by atoms with Gasteiger partial charge in [0, 0.05) is 19.1 Å². The summed E-state index contributed by atoms with van der Waals surface area (Å²) in [6.07, 6.45) is 1.73. The summed E-state index contributed by atoms with van der Waals surface area (Å²) in [6, 6.07) is 0.343. The van der Waals surface area contributed by atoms with Gasteiger partial charge in [0.25, 0.3) is 0 Å². The fraction of sp³-hybridized carbons (Fsp3) is 0.667. The molecule has 1 aromatic heterocycles. The maximum absolute atomic E-state index is 5.21. The first-order chi connectivity index (χ1) is 8.49. The van der Waals surface area contributed by atoms with Crippen molar-refractivity contribution in [2.75, 3.05) is 39.2 Å². The van der Waals surface area contributed by atoms with E-state index < -0.39 is 0 Å². The number of methoxy groups -OCH3 is 1. The van der Waals surface area contributed by atoms with Crippen LogP contribution in [-0.4, -0.2) is 55.2 Å². The van der Waals surface area contributed by atoms with Crippen molar-refractivity contribution in [2.45, 2.75) is 19.9 Å². The molecule has 0 fully saturated rings. The molecule has 1 rings (SSSR count). The Labute approximate surface area is 117 Å². The van der Waals surface area contributed by atoms with Gasteiger partial charge < -0.3 is 14.5 Å². The van der Waals surface area contributed by atoms with Crippen LogP contribution in [0.2, 0.25) is 0 Å². The molecule has 0 spiro atoms. The topological polar surface area (TPSA) is 41.5 Å². The zero-order valence-corrected chi connectivity index (χ0v) is 13.2. The summed E-state index contributed by atoms with van der Waals surface area (Å²) in [5.74, 6) is 1.27. The fourth-order valence-electron chi connectivity index (χ4n) is 1.90. The number of ether oxygens (including phenoxy) is 1. The van der Waals surface area contributed by atoms with Crippen molar-refractivity contribution in [3.63, 3.8) is 0 Å². The summed E-state index contributed by atoms with van der Waals surface area (Å²) >= 11 is 3.36. The average Bonchev–Trinajstić information content (AvgIpc) is 2.31. The lowest BCUT2D eigenvalue weighted by Gasteiger charge is -2.30. The van der Waals surface area contributed by atoms with Crippen LogP contribution in [-0.2, 0) is 0 Å². The van der Waals surface area contributed by atoms with E-state index in [-0.39, 0.29) is 0 Å². The van der Waals surface area contributed by atoms with E-state index in [2.05, 4.69) is 63.6 Å². The minimum atomic E-state index is 0.343. The van der Waals surface area contributed by atoms with Crippen molar-refractivity contribution in [3.8, 4) is 5.88 Å². The van der Waals surface area contributed by atoms with Gasteiger partial charge in [-0.15, -0.1) is 0 Å². The molecule has 1 atom stereocenters. The van der Waals surface area contributed by atoms with E-state index in [0.29, 0.717) is 17.9 Å². The van der Waals surface area contributed by atoms with Crippen LogP contribution in [0.3, 0.4) is 0 Å². The van der Waals surface area contributed by atoms with Crippen LogP contribution in [0.25, 0.3) is 0 Å². The number of hydrogen-bond acceptors (Lipinski definition) is 5. The quantitative estimate of drug-likeness (QED) is 0.803. The molecule has 0 aromatic carbocycles. The van der Waals surface area contributed by atoms with Crippen LogP contribution >= 0.6 is 15.9 Å². The molecule has 1 heterocycles. The Morgan fingerprint density at radius 1 is 1.44 bits per heavy atom. The van der Waals surface area contributed by atoms with Crippen LogP contribution in [0.1, 0.15) is 13.8 Å². The Morgan fingerprint density at radius 3 is 2.61 bits per heavy atom. The van der Waals surface area contributed by atoms with Gasteiger partial charge >= 0.3 is 0 Å². The maximum Gasteiger partial charge on any atom is 0.232 e. The Bertz CT molecular complexity index is 386. The number of hydrogen-bond donors (Lipinski definition) is 0. The summed E-state index contributed by atoms with van der Waals surface area (Å²) in [5.41, 5.74) is 0. The average molecular weight is 317 g/mol. The number of aromatic nitrogens is 2. The minimum Gasteiger partial charge on any atom is -0.480 e. The molecule has 0 aliphatic carbocycles. The highest BCUT2D eigenvalue weighted by molar-refractivity contribution is 9.10.